The zero-order valence-corrected chi connectivity index (χ0v) is 15.9. The number of nitriles is 1. The molecule has 0 radical (unpaired) electrons. The number of aromatic nitrogens is 3. The molecule has 1 aliphatic heterocycles. The fraction of sp³-hybridized carbons (Fsp3) is 0.350. The highest BCUT2D eigenvalue weighted by Crippen LogP contribution is 2.31. The van der Waals surface area contributed by atoms with Crippen LogP contribution in [0.1, 0.15) is 12.5 Å². The molecular formula is C20H22N6O2. The van der Waals surface area contributed by atoms with Crippen LogP contribution in [0.4, 0.5) is 5.82 Å². The Morgan fingerprint density at radius 2 is 2.18 bits per heavy atom. The fourth-order valence-corrected chi connectivity index (χ4v) is 3.61. The molecule has 1 fully saturated rings. The minimum atomic E-state index is -0.0287. The van der Waals surface area contributed by atoms with Crippen molar-refractivity contribution in [1.29, 1.82) is 5.26 Å². The third-order valence-corrected chi connectivity index (χ3v) is 5.01. The Balaban J connectivity index is 1.72. The average molecular weight is 378 g/mol. The molecule has 8 heteroatoms. The van der Waals surface area contributed by atoms with Crippen LogP contribution in [0.5, 0.6) is 5.75 Å². The predicted molar refractivity (Wildman–Crippen MR) is 105 cm³/mol. The number of nitrogens with zero attached hydrogens (tertiary/aromatic N) is 5. The maximum atomic E-state index is 9.45. The Bertz CT molecular complexity index is 1020. The molecule has 2 N–H and O–H groups in total. The minimum Gasteiger partial charge on any atom is -0.492 e. The first-order chi connectivity index (χ1) is 13.6. The Morgan fingerprint density at radius 3 is 2.82 bits per heavy atom. The van der Waals surface area contributed by atoms with Gasteiger partial charge in [0.1, 0.15) is 17.6 Å². The molecule has 28 heavy (non-hydrogen) atoms. The van der Waals surface area contributed by atoms with E-state index in [4.69, 9.17) is 15.2 Å². The number of fused-ring (bicyclic) bond motifs is 1. The van der Waals surface area contributed by atoms with Crippen LogP contribution >= 0.6 is 0 Å². The molecule has 4 rings (SSSR count). The summed E-state index contributed by atoms with van der Waals surface area (Å²) in [5.41, 5.74) is 9.11. The lowest BCUT2D eigenvalue weighted by molar-refractivity contribution is 0.108. The predicted octanol–water partition coefficient (Wildman–Crippen LogP) is 1.83. The molecule has 8 nitrogen and oxygen atoms in total. The summed E-state index contributed by atoms with van der Waals surface area (Å²) < 4.78 is 12.8. The van der Waals surface area contributed by atoms with Gasteiger partial charge in [-0.3, -0.25) is 0 Å². The van der Waals surface area contributed by atoms with Gasteiger partial charge in [0.15, 0.2) is 0 Å². The summed E-state index contributed by atoms with van der Waals surface area (Å²) in [4.78, 5) is 6.74. The number of ether oxygens (including phenoxy) is 2. The highest BCUT2D eigenvalue weighted by Gasteiger charge is 2.30. The molecule has 3 aromatic rings. The lowest BCUT2D eigenvalue weighted by Crippen LogP contribution is -2.34. The van der Waals surface area contributed by atoms with E-state index in [0.717, 1.165) is 29.0 Å². The molecule has 0 saturated carbocycles. The quantitative estimate of drug-likeness (QED) is 0.722. The van der Waals surface area contributed by atoms with Gasteiger partial charge in [-0.25, -0.2) is 9.50 Å². The first-order valence-electron chi connectivity index (χ1n) is 9.18. The number of methoxy groups -OCH3 is 1. The second kappa shape index (κ2) is 7.46. The molecule has 0 amide bonds. The number of nitrogens with two attached hydrogens (primary N) is 1. The highest BCUT2D eigenvalue weighted by atomic mass is 16.5. The summed E-state index contributed by atoms with van der Waals surface area (Å²) in [6.07, 6.45) is 5.16. The Hall–Kier alpha value is -3.15. The second-order valence-corrected chi connectivity index (χ2v) is 6.73. The van der Waals surface area contributed by atoms with E-state index in [1.165, 1.54) is 0 Å². The minimum absolute atomic E-state index is 0.00829. The van der Waals surface area contributed by atoms with E-state index < -0.39 is 0 Å². The van der Waals surface area contributed by atoms with Gasteiger partial charge in [-0.05, 0) is 25.1 Å². The topological polar surface area (TPSA) is 102 Å². The largest absolute Gasteiger partial charge is 0.492 e. The molecule has 0 bridgehead atoms. The van der Waals surface area contributed by atoms with Crippen molar-refractivity contribution >= 4 is 11.3 Å². The van der Waals surface area contributed by atoms with Gasteiger partial charge in [-0.1, -0.05) is 0 Å². The van der Waals surface area contributed by atoms with Crippen LogP contribution in [0.25, 0.3) is 16.6 Å². The van der Waals surface area contributed by atoms with Crippen LogP contribution < -0.4 is 15.4 Å². The summed E-state index contributed by atoms with van der Waals surface area (Å²) in [5, 5.41) is 13.7. The molecule has 0 aliphatic carbocycles. The maximum Gasteiger partial charge on any atom is 0.138 e. The molecule has 144 valence electrons. The first-order valence-corrected chi connectivity index (χ1v) is 9.18. The van der Waals surface area contributed by atoms with E-state index in [1.807, 2.05) is 25.1 Å². The summed E-state index contributed by atoms with van der Waals surface area (Å²) in [7, 11) is 1.68. The van der Waals surface area contributed by atoms with Crippen LogP contribution in [0.2, 0.25) is 0 Å². The average Bonchev–Trinajstić information content (AvgIpc) is 3.30. The van der Waals surface area contributed by atoms with Gasteiger partial charge >= 0.3 is 0 Å². The molecule has 0 unspecified atom stereocenters. The van der Waals surface area contributed by atoms with Crippen molar-refractivity contribution in [2.75, 3.05) is 31.7 Å². The van der Waals surface area contributed by atoms with Crippen molar-refractivity contribution in [2.24, 2.45) is 5.73 Å². The van der Waals surface area contributed by atoms with Crippen LogP contribution in [-0.2, 0) is 4.74 Å². The van der Waals surface area contributed by atoms with Crippen LogP contribution in [0, 0.1) is 11.3 Å². The maximum absolute atomic E-state index is 9.45. The number of hydrogen-bond acceptors (Lipinski definition) is 7. The van der Waals surface area contributed by atoms with E-state index in [1.54, 1.807) is 30.2 Å². The molecule has 0 aromatic carbocycles. The van der Waals surface area contributed by atoms with Crippen molar-refractivity contribution < 1.29 is 9.47 Å². The van der Waals surface area contributed by atoms with Crippen molar-refractivity contribution in [3.63, 3.8) is 0 Å². The molecule has 1 saturated heterocycles. The second-order valence-electron chi connectivity index (χ2n) is 6.73. The number of pyridine rings is 2. The summed E-state index contributed by atoms with van der Waals surface area (Å²) in [5.74, 6) is 1.54. The van der Waals surface area contributed by atoms with Crippen molar-refractivity contribution in [2.45, 2.75) is 19.1 Å². The molecular weight excluding hydrogens is 356 g/mol. The van der Waals surface area contributed by atoms with Crippen molar-refractivity contribution in [3.05, 3.63) is 42.4 Å². The highest BCUT2D eigenvalue weighted by molar-refractivity contribution is 5.85. The molecule has 4 heterocycles. The molecule has 0 spiro atoms. The van der Waals surface area contributed by atoms with E-state index >= 15 is 0 Å². The summed E-state index contributed by atoms with van der Waals surface area (Å²) in [6.45, 7) is 3.90. The van der Waals surface area contributed by atoms with Gasteiger partial charge < -0.3 is 20.1 Å². The lowest BCUT2D eigenvalue weighted by atomic mass is 10.1. The summed E-state index contributed by atoms with van der Waals surface area (Å²) >= 11 is 0. The first kappa shape index (κ1) is 18.2. The van der Waals surface area contributed by atoms with E-state index in [2.05, 4.69) is 21.1 Å². The van der Waals surface area contributed by atoms with Gasteiger partial charge in [0.25, 0.3) is 0 Å². The standard InChI is InChI=1S/C20H22N6O2/c1-3-28-15-6-16(20-14(7-21)9-24-26(20)10-15)13-4-5-19(23-8-13)25-11-17(22)18(12-25)27-2/h4-6,8-10,17-18H,3,11-12,22H2,1-2H3/t17-,18-/m0/s1. The Morgan fingerprint density at radius 1 is 1.32 bits per heavy atom. The third kappa shape index (κ3) is 3.15. The van der Waals surface area contributed by atoms with Gasteiger partial charge in [0.05, 0.1) is 42.2 Å². The smallest absolute Gasteiger partial charge is 0.138 e. The summed E-state index contributed by atoms with van der Waals surface area (Å²) in [6, 6.07) is 8.05. The van der Waals surface area contributed by atoms with E-state index in [0.29, 0.717) is 24.5 Å². The fourth-order valence-electron chi connectivity index (χ4n) is 3.61. The zero-order chi connectivity index (χ0) is 19.7. The van der Waals surface area contributed by atoms with Crippen molar-refractivity contribution in [3.8, 4) is 22.9 Å². The van der Waals surface area contributed by atoms with Gasteiger partial charge in [-0.2, -0.15) is 10.4 Å². The van der Waals surface area contributed by atoms with E-state index in [-0.39, 0.29) is 12.1 Å². The van der Waals surface area contributed by atoms with E-state index in [9.17, 15) is 5.26 Å². The number of anilines is 1. The zero-order valence-electron chi connectivity index (χ0n) is 15.9. The van der Waals surface area contributed by atoms with Gasteiger partial charge in [0, 0.05) is 37.5 Å². The van der Waals surface area contributed by atoms with Crippen LogP contribution in [0.15, 0.2) is 36.8 Å². The molecule has 2 atom stereocenters. The number of rotatable bonds is 5. The van der Waals surface area contributed by atoms with Gasteiger partial charge in [0.2, 0.25) is 0 Å². The lowest BCUT2D eigenvalue weighted by Gasteiger charge is -2.17. The molecule has 3 aromatic heterocycles. The Labute approximate surface area is 163 Å². The monoisotopic (exact) mass is 378 g/mol. The van der Waals surface area contributed by atoms with Gasteiger partial charge in [-0.15, -0.1) is 0 Å². The van der Waals surface area contributed by atoms with Crippen LogP contribution in [0.3, 0.4) is 0 Å². The SMILES string of the molecule is CCOc1cc(-c2ccc(N3C[C@H](OC)[C@@H](N)C3)nc2)c2c(C#N)cnn2c1. The van der Waals surface area contributed by atoms with Crippen LogP contribution in [-0.4, -0.2) is 53.6 Å². The molecule has 1 aliphatic rings. The third-order valence-electron chi connectivity index (χ3n) is 5.01. The normalized spacial score (nSPS) is 19.1. The Kier molecular flexibility index (Phi) is 4.86. The van der Waals surface area contributed by atoms with Crippen molar-refractivity contribution in [1.82, 2.24) is 14.6 Å². The number of hydrogen-bond donors (Lipinski definition) is 1.